The first-order valence-corrected chi connectivity index (χ1v) is 20.0. The van der Waals surface area contributed by atoms with Crippen molar-refractivity contribution in [3.63, 3.8) is 0 Å². The third kappa shape index (κ3) is 9.08. The standard InChI is InChI=1S/C38H54N6O10S/c1-12-22-18-38(22,34(47)43-55(49,50)20(2)3)42-31(45)26-15-23(19-44(26)33(46)29(36(4,5)6)40-35(48)54-37(7,8)9)53-32-24-16-27(51-10)28(52-11)17-25(24)39-30(41-32)21-13-14-21/h12,16-17,20-23,26,29H,1,13-15,18-19H2,2-11H3,(H,40,48)(H,42,45)(H,43,47)/t22?,23-,26+,29-,38?/m1/s1. The minimum atomic E-state index is -4.03. The van der Waals surface area contributed by atoms with Crippen molar-refractivity contribution in [3.8, 4) is 17.4 Å². The molecule has 1 aliphatic heterocycles. The maximum Gasteiger partial charge on any atom is 0.408 e. The Hall–Kier alpha value is -4.67. The molecule has 3 fully saturated rings. The van der Waals surface area contributed by atoms with Crippen LogP contribution in [0.3, 0.4) is 0 Å². The second-order valence-electron chi connectivity index (χ2n) is 16.8. The number of fused-ring (bicyclic) bond motifs is 1. The van der Waals surface area contributed by atoms with Crippen LogP contribution >= 0.6 is 0 Å². The van der Waals surface area contributed by atoms with E-state index in [1.165, 1.54) is 39.0 Å². The lowest BCUT2D eigenvalue weighted by atomic mass is 9.85. The fraction of sp³-hybridized carbons (Fsp3) is 0.632. The summed E-state index contributed by atoms with van der Waals surface area (Å²) in [5.41, 5.74) is -2.74. The van der Waals surface area contributed by atoms with Gasteiger partial charge in [-0.1, -0.05) is 26.8 Å². The molecular weight excluding hydrogens is 733 g/mol. The highest BCUT2D eigenvalue weighted by molar-refractivity contribution is 7.90. The number of alkyl carbamates (subject to hydrolysis) is 1. The summed E-state index contributed by atoms with van der Waals surface area (Å²) in [6, 6.07) is 1.09. The highest BCUT2D eigenvalue weighted by Gasteiger charge is 2.61. The van der Waals surface area contributed by atoms with Crippen LogP contribution in [0.15, 0.2) is 24.8 Å². The van der Waals surface area contributed by atoms with Gasteiger partial charge in [0.05, 0.1) is 36.9 Å². The van der Waals surface area contributed by atoms with E-state index in [0.29, 0.717) is 28.2 Å². The van der Waals surface area contributed by atoms with E-state index >= 15 is 0 Å². The van der Waals surface area contributed by atoms with E-state index in [1.54, 1.807) is 53.7 Å². The monoisotopic (exact) mass is 786 g/mol. The predicted octanol–water partition coefficient (Wildman–Crippen LogP) is 3.73. The number of ether oxygens (including phenoxy) is 4. The van der Waals surface area contributed by atoms with E-state index < -0.39 is 79.7 Å². The van der Waals surface area contributed by atoms with Gasteiger partial charge in [0.2, 0.25) is 27.7 Å². The number of methoxy groups -OCH3 is 2. The van der Waals surface area contributed by atoms with Gasteiger partial charge in [-0.25, -0.2) is 18.2 Å². The molecular formula is C38H54N6O10S. The van der Waals surface area contributed by atoms with Gasteiger partial charge in [0.1, 0.15) is 35.2 Å². The van der Waals surface area contributed by atoms with Crippen molar-refractivity contribution in [2.45, 2.75) is 122 Å². The Morgan fingerprint density at radius 3 is 2.18 bits per heavy atom. The Bertz CT molecular complexity index is 1970. The number of aromatic nitrogens is 2. The number of carbonyl (C=O) groups excluding carboxylic acids is 4. The van der Waals surface area contributed by atoms with E-state index in [2.05, 4.69) is 21.9 Å². The van der Waals surface area contributed by atoms with Crippen molar-refractivity contribution in [2.75, 3.05) is 20.8 Å². The number of likely N-dealkylation sites (tertiary alicyclic amines) is 1. The second kappa shape index (κ2) is 15.1. The van der Waals surface area contributed by atoms with Gasteiger partial charge < -0.3 is 34.5 Å². The first-order chi connectivity index (χ1) is 25.5. The maximum absolute atomic E-state index is 14.6. The van der Waals surface area contributed by atoms with Crippen LogP contribution < -0.4 is 29.6 Å². The molecule has 3 N–H and O–H groups in total. The Balaban J connectivity index is 1.52. The fourth-order valence-corrected chi connectivity index (χ4v) is 7.18. The van der Waals surface area contributed by atoms with Crippen LogP contribution in [0.1, 0.15) is 92.8 Å². The van der Waals surface area contributed by atoms with Gasteiger partial charge in [-0.2, -0.15) is 4.98 Å². The second-order valence-corrected chi connectivity index (χ2v) is 19.1. The average Bonchev–Trinajstić information content (AvgIpc) is 4.01. The molecule has 5 atom stereocenters. The Kier molecular flexibility index (Phi) is 11.4. The minimum absolute atomic E-state index is 0.0286. The zero-order chi connectivity index (χ0) is 40.8. The molecule has 2 aromatic rings. The number of nitrogens with one attached hydrogen (secondary N) is 3. The molecule has 0 bridgehead atoms. The largest absolute Gasteiger partial charge is 0.493 e. The summed E-state index contributed by atoms with van der Waals surface area (Å²) in [6.07, 6.45) is 1.79. The summed E-state index contributed by atoms with van der Waals surface area (Å²) in [5, 5.41) is 5.10. The summed E-state index contributed by atoms with van der Waals surface area (Å²) < 4.78 is 50.6. The SMILES string of the molecule is C=CC1CC1(NC(=O)[C@@H]1C[C@@H](Oc2nc(C3CC3)nc3cc(OC)c(OC)cc23)CN1C(=O)[C@@H](NC(=O)OC(C)(C)C)C(C)(C)C)C(=O)NS(=O)(=O)C(C)C. The van der Waals surface area contributed by atoms with Gasteiger partial charge in [0.15, 0.2) is 11.5 Å². The first kappa shape index (κ1) is 41.5. The topological polar surface area (TPSA) is 204 Å². The van der Waals surface area contributed by atoms with Gasteiger partial charge >= 0.3 is 6.09 Å². The Morgan fingerprint density at radius 2 is 1.65 bits per heavy atom. The van der Waals surface area contributed by atoms with Crippen LogP contribution in [0.25, 0.3) is 10.9 Å². The zero-order valence-electron chi connectivity index (χ0n) is 33.3. The van der Waals surface area contributed by atoms with E-state index in [4.69, 9.17) is 28.9 Å². The molecule has 5 rings (SSSR count). The number of amides is 4. The van der Waals surface area contributed by atoms with Crippen molar-refractivity contribution < 1.29 is 46.5 Å². The van der Waals surface area contributed by atoms with Crippen molar-refractivity contribution in [1.29, 1.82) is 0 Å². The van der Waals surface area contributed by atoms with Gasteiger partial charge in [0.25, 0.3) is 5.91 Å². The molecule has 2 saturated carbocycles. The third-order valence-electron chi connectivity index (χ3n) is 9.93. The lowest BCUT2D eigenvalue weighted by Crippen LogP contribution is -2.60. The number of hydrogen-bond donors (Lipinski definition) is 3. The molecule has 302 valence electrons. The van der Waals surface area contributed by atoms with E-state index in [1.807, 2.05) is 0 Å². The van der Waals surface area contributed by atoms with E-state index in [0.717, 1.165) is 12.8 Å². The molecule has 0 spiro atoms. The molecule has 2 unspecified atom stereocenters. The van der Waals surface area contributed by atoms with E-state index in [-0.39, 0.29) is 31.2 Å². The Morgan fingerprint density at radius 1 is 1.02 bits per heavy atom. The molecule has 4 amide bonds. The average molecular weight is 787 g/mol. The number of hydrogen-bond acceptors (Lipinski definition) is 12. The van der Waals surface area contributed by atoms with E-state index in [9.17, 15) is 27.6 Å². The zero-order valence-corrected chi connectivity index (χ0v) is 34.1. The van der Waals surface area contributed by atoms with Crippen LogP contribution in [0.5, 0.6) is 17.4 Å². The Labute approximate surface area is 322 Å². The van der Waals surface area contributed by atoms with Crippen molar-refractivity contribution in [3.05, 3.63) is 30.6 Å². The summed E-state index contributed by atoms with van der Waals surface area (Å²) in [7, 11) is -0.999. The van der Waals surface area contributed by atoms with Crippen molar-refractivity contribution in [2.24, 2.45) is 11.3 Å². The molecule has 17 heteroatoms. The molecule has 0 radical (unpaired) electrons. The first-order valence-electron chi connectivity index (χ1n) is 18.4. The highest BCUT2D eigenvalue weighted by Crippen LogP contribution is 2.46. The number of carbonyl (C=O) groups is 4. The van der Waals surface area contributed by atoms with Gasteiger partial charge in [-0.15, -0.1) is 6.58 Å². The van der Waals surface area contributed by atoms with Gasteiger partial charge in [-0.3, -0.25) is 19.1 Å². The van der Waals surface area contributed by atoms with Crippen molar-refractivity contribution in [1.82, 2.24) is 30.2 Å². The van der Waals surface area contributed by atoms with Crippen LogP contribution in [-0.2, 0) is 29.1 Å². The highest BCUT2D eigenvalue weighted by atomic mass is 32.2. The van der Waals surface area contributed by atoms with Gasteiger partial charge in [-0.05, 0) is 65.4 Å². The van der Waals surface area contributed by atoms with Crippen LogP contribution in [-0.4, -0.2) is 102 Å². The molecule has 1 saturated heterocycles. The minimum Gasteiger partial charge on any atom is -0.493 e. The molecule has 55 heavy (non-hydrogen) atoms. The molecule has 1 aromatic carbocycles. The lowest BCUT2D eigenvalue weighted by molar-refractivity contribution is -0.143. The normalized spacial score (nSPS) is 23.1. The summed E-state index contributed by atoms with van der Waals surface area (Å²) in [6.45, 7) is 17.0. The van der Waals surface area contributed by atoms with Crippen molar-refractivity contribution >= 4 is 44.7 Å². The number of sulfonamides is 1. The smallest absolute Gasteiger partial charge is 0.408 e. The third-order valence-corrected chi connectivity index (χ3v) is 11.6. The molecule has 16 nitrogen and oxygen atoms in total. The van der Waals surface area contributed by atoms with Crippen LogP contribution in [0.4, 0.5) is 4.79 Å². The molecule has 2 aliphatic carbocycles. The molecule has 1 aromatic heterocycles. The fourth-order valence-electron chi connectivity index (χ4n) is 6.51. The summed E-state index contributed by atoms with van der Waals surface area (Å²) >= 11 is 0. The lowest BCUT2D eigenvalue weighted by Gasteiger charge is -2.36. The maximum atomic E-state index is 14.6. The quantitative estimate of drug-likeness (QED) is 0.249. The predicted molar refractivity (Wildman–Crippen MR) is 203 cm³/mol. The van der Waals surface area contributed by atoms with Crippen LogP contribution in [0, 0.1) is 11.3 Å². The molecule has 3 aliphatic rings. The summed E-state index contributed by atoms with van der Waals surface area (Å²) in [4.78, 5) is 66.4. The summed E-state index contributed by atoms with van der Waals surface area (Å²) in [5.74, 6) is -0.869. The number of benzene rings is 1. The number of rotatable bonds is 13. The molecule has 2 heterocycles. The van der Waals surface area contributed by atoms with Gasteiger partial charge in [0, 0.05) is 24.3 Å². The van der Waals surface area contributed by atoms with Crippen LogP contribution in [0.2, 0.25) is 0 Å². The number of nitrogens with zero attached hydrogens (tertiary/aromatic N) is 3.